The van der Waals surface area contributed by atoms with E-state index in [1.54, 1.807) is 23.4 Å². The average Bonchev–Trinajstić information content (AvgIpc) is 3.24. The topological polar surface area (TPSA) is 99.2 Å². The Hall–Kier alpha value is -2.90. The molecular formula is C16H18N6O2. The first-order valence-electron chi connectivity index (χ1n) is 7.99. The lowest BCUT2D eigenvalue weighted by Gasteiger charge is -2.31. The number of piperidine rings is 1. The maximum absolute atomic E-state index is 12.8. The first kappa shape index (κ1) is 14.7. The number of likely N-dealkylation sites (tertiary alicyclic amines) is 1. The minimum absolute atomic E-state index is 0.0921. The number of fused-ring (bicyclic) bond motifs is 1. The van der Waals surface area contributed by atoms with E-state index in [9.17, 15) is 9.59 Å². The summed E-state index contributed by atoms with van der Waals surface area (Å²) in [6.07, 6.45) is 6.74. The number of carbonyl (C=O) groups is 1. The highest BCUT2D eigenvalue weighted by Crippen LogP contribution is 2.24. The van der Waals surface area contributed by atoms with Crippen molar-refractivity contribution in [2.45, 2.75) is 25.7 Å². The van der Waals surface area contributed by atoms with E-state index in [1.807, 2.05) is 6.92 Å². The number of hydrogen-bond donors (Lipinski definition) is 2. The van der Waals surface area contributed by atoms with Gasteiger partial charge in [0.1, 0.15) is 11.4 Å². The van der Waals surface area contributed by atoms with Crippen LogP contribution in [-0.2, 0) is 0 Å². The van der Waals surface area contributed by atoms with Crippen molar-refractivity contribution in [1.29, 1.82) is 0 Å². The van der Waals surface area contributed by atoms with Crippen LogP contribution in [0.5, 0.6) is 0 Å². The predicted molar refractivity (Wildman–Crippen MR) is 87.0 cm³/mol. The molecule has 8 nitrogen and oxygen atoms in total. The first-order valence-corrected chi connectivity index (χ1v) is 7.99. The van der Waals surface area contributed by atoms with Gasteiger partial charge in [0.2, 0.25) is 0 Å². The normalized spacial score (nSPS) is 18.2. The van der Waals surface area contributed by atoms with Gasteiger partial charge in [-0.2, -0.15) is 0 Å². The van der Waals surface area contributed by atoms with Crippen LogP contribution in [0.2, 0.25) is 0 Å². The molecule has 1 aliphatic rings. The second kappa shape index (κ2) is 5.63. The Labute approximate surface area is 137 Å². The molecule has 1 atom stereocenters. The third kappa shape index (κ3) is 2.40. The van der Waals surface area contributed by atoms with Gasteiger partial charge in [0, 0.05) is 49.4 Å². The van der Waals surface area contributed by atoms with E-state index in [0.717, 1.165) is 24.4 Å². The molecule has 1 amide bonds. The number of H-pyrrole nitrogens is 2. The number of carbonyl (C=O) groups excluding carboxylic acids is 1. The second-order valence-corrected chi connectivity index (χ2v) is 6.17. The van der Waals surface area contributed by atoms with E-state index in [-0.39, 0.29) is 22.9 Å². The minimum Gasteiger partial charge on any atom is -0.348 e. The van der Waals surface area contributed by atoms with Gasteiger partial charge in [-0.25, -0.2) is 14.5 Å². The van der Waals surface area contributed by atoms with Crippen LogP contribution in [0.3, 0.4) is 0 Å². The summed E-state index contributed by atoms with van der Waals surface area (Å²) >= 11 is 0. The molecule has 8 heteroatoms. The van der Waals surface area contributed by atoms with Crippen molar-refractivity contribution in [3.63, 3.8) is 0 Å². The molecule has 0 aromatic carbocycles. The van der Waals surface area contributed by atoms with E-state index >= 15 is 0 Å². The Morgan fingerprint density at radius 3 is 3.04 bits per heavy atom. The zero-order valence-corrected chi connectivity index (χ0v) is 13.3. The first-order chi connectivity index (χ1) is 11.6. The minimum atomic E-state index is -0.363. The maximum atomic E-state index is 12.8. The SMILES string of the molecule is Cc1cc2ncc(C(=O)N3CCCC(c4ncc[nH]4)C3)c(=O)n2[nH]1. The van der Waals surface area contributed by atoms with Gasteiger partial charge >= 0.3 is 0 Å². The van der Waals surface area contributed by atoms with Gasteiger partial charge in [-0.05, 0) is 19.8 Å². The van der Waals surface area contributed by atoms with Crippen molar-refractivity contribution >= 4 is 11.6 Å². The zero-order valence-electron chi connectivity index (χ0n) is 13.3. The van der Waals surface area contributed by atoms with Gasteiger partial charge in [0.05, 0.1) is 0 Å². The summed E-state index contributed by atoms with van der Waals surface area (Å²) in [4.78, 5) is 38.7. The van der Waals surface area contributed by atoms with E-state index < -0.39 is 0 Å². The lowest BCUT2D eigenvalue weighted by Crippen LogP contribution is -2.42. The van der Waals surface area contributed by atoms with Crippen LogP contribution < -0.4 is 5.56 Å². The van der Waals surface area contributed by atoms with Crippen molar-refractivity contribution in [3.05, 3.63) is 52.1 Å². The van der Waals surface area contributed by atoms with Crippen LogP contribution >= 0.6 is 0 Å². The van der Waals surface area contributed by atoms with Crippen molar-refractivity contribution in [3.8, 4) is 0 Å². The molecule has 1 aliphatic heterocycles. The number of imidazole rings is 1. The van der Waals surface area contributed by atoms with Crippen molar-refractivity contribution in [2.24, 2.45) is 0 Å². The number of aromatic nitrogens is 5. The zero-order chi connectivity index (χ0) is 16.7. The highest BCUT2D eigenvalue weighted by Gasteiger charge is 2.28. The highest BCUT2D eigenvalue weighted by atomic mass is 16.2. The molecule has 3 aromatic rings. The van der Waals surface area contributed by atoms with Crippen LogP contribution in [0.1, 0.15) is 40.6 Å². The van der Waals surface area contributed by atoms with Crippen LogP contribution in [-0.4, -0.2) is 48.5 Å². The van der Waals surface area contributed by atoms with Crippen molar-refractivity contribution in [2.75, 3.05) is 13.1 Å². The average molecular weight is 326 g/mol. The summed E-state index contributed by atoms with van der Waals surface area (Å²) < 4.78 is 1.32. The van der Waals surface area contributed by atoms with E-state index in [2.05, 4.69) is 20.1 Å². The monoisotopic (exact) mass is 326 g/mol. The molecule has 0 radical (unpaired) electrons. The molecule has 2 N–H and O–H groups in total. The second-order valence-electron chi connectivity index (χ2n) is 6.17. The molecule has 3 aromatic heterocycles. The standard InChI is InChI=1S/C16H18N6O2/c1-10-7-13-19-8-12(16(24)22(13)20-10)15(23)21-6-2-3-11(9-21)14-17-4-5-18-14/h4-5,7-8,11,20H,2-3,6,9H2,1H3,(H,17,18). The Balaban J connectivity index is 1.63. The third-order valence-corrected chi connectivity index (χ3v) is 4.47. The Bertz CT molecular complexity index is 939. The molecule has 1 unspecified atom stereocenters. The fraction of sp³-hybridized carbons (Fsp3) is 0.375. The van der Waals surface area contributed by atoms with Gasteiger partial charge in [0.15, 0.2) is 5.65 Å². The molecule has 0 spiro atoms. The van der Waals surface area contributed by atoms with Crippen LogP contribution in [0.4, 0.5) is 0 Å². The fourth-order valence-electron chi connectivity index (χ4n) is 3.28. The van der Waals surface area contributed by atoms with Crippen LogP contribution in [0, 0.1) is 6.92 Å². The van der Waals surface area contributed by atoms with Gasteiger partial charge in [-0.3, -0.25) is 14.7 Å². The summed E-state index contributed by atoms with van der Waals surface area (Å²) in [5.74, 6) is 0.785. The summed E-state index contributed by atoms with van der Waals surface area (Å²) in [6.45, 7) is 3.04. The maximum Gasteiger partial charge on any atom is 0.285 e. The third-order valence-electron chi connectivity index (χ3n) is 4.47. The highest BCUT2D eigenvalue weighted by molar-refractivity contribution is 5.93. The van der Waals surface area contributed by atoms with Crippen LogP contribution in [0.25, 0.3) is 5.65 Å². The molecule has 24 heavy (non-hydrogen) atoms. The number of hydrogen-bond acceptors (Lipinski definition) is 4. The molecule has 1 saturated heterocycles. The summed E-state index contributed by atoms with van der Waals surface area (Å²) in [5.41, 5.74) is 1.06. The Kier molecular flexibility index (Phi) is 3.44. The fourth-order valence-corrected chi connectivity index (χ4v) is 3.28. The molecule has 0 bridgehead atoms. The summed E-state index contributed by atoms with van der Waals surface area (Å²) in [7, 11) is 0. The van der Waals surface area contributed by atoms with E-state index in [1.165, 1.54) is 10.7 Å². The van der Waals surface area contributed by atoms with Crippen LogP contribution in [0.15, 0.2) is 29.5 Å². The van der Waals surface area contributed by atoms with Crippen molar-refractivity contribution in [1.82, 2.24) is 29.5 Å². The molecule has 0 aliphatic carbocycles. The summed E-state index contributed by atoms with van der Waals surface area (Å²) in [5, 5.41) is 2.91. The Morgan fingerprint density at radius 1 is 1.38 bits per heavy atom. The predicted octanol–water partition coefficient (Wildman–Crippen LogP) is 1.07. The molecule has 124 valence electrons. The van der Waals surface area contributed by atoms with E-state index in [4.69, 9.17) is 0 Å². The molecule has 0 saturated carbocycles. The molecule has 1 fully saturated rings. The van der Waals surface area contributed by atoms with Gasteiger partial charge in [-0.15, -0.1) is 0 Å². The molecular weight excluding hydrogens is 308 g/mol. The number of nitrogens with one attached hydrogen (secondary N) is 2. The lowest BCUT2D eigenvalue weighted by atomic mass is 9.97. The molecule has 4 heterocycles. The lowest BCUT2D eigenvalue weighted by molar-refractivity contribution is 0.0702. The van der Waals surface area contributed by atoms with Gasteiger partial charge in [0.25, 0.3) is 11.5 Å². The summed E-state index contributed by atoms with van der Waals surface area (Å²) in [6, 6.07) is 1.77. The van der Waals surface area contributed by atoms with Crippen molar-refractivity contribution < 1.29 is 4.79 Å². The number of nitrogens with zero attached hydrogens (tertiary/aromatic N) is 4. The number of aromatic amines is 2. The Morgan fingerprint density at radius 2 is 2.25 bits per heavy atom. The van der Waals surface area contributed by atoms with Gasteiger partial charge < -0.3 is 9.88 Å². The quantitative estimate of drug-likeness (QED) is 0.736. The smallest absolute Gasteiger partial charge is 0.285 e. The number of aryl methyl sites for hydroxylation is 1. The van der Waals surface area contributed by atoms with E-state index in [0.29, 0.717) is 18.7 Å². The largest absolute Gasteiger partial charge is 0.348 e. The number of amides is 1. The van der Waals surface area contributed by atoms with Gasteiger partial charge in [-0.1, -0.05) is 0 Å². The number of rotatable bonds is 2. The molecule has 4 rings (SSSR count).